The highest BCUT2D eigenvalue weighted by Gasteiger charge is 2.10. The van der Waals surface area contributed by atoms with Gasteiger partial charge in [-0.2, -0.15) is 0 Å². The van der Waals surface area contributed by atoms with Gasteiger partial charge >= 0.3 is 0 Å². The first-order valence-corrected chi connectivity index (χ1v) is 4.85. The molecule has 0 saturated carbocycles. The molecule has 1 saturated heterocycles. The third-order valence-electron chi connectivity index (χ3n) is 1.87. The Hall–Kier alpha value is 0.920. The molecule has 0 bridgehead atoms. The lowest BCUT2D eigenvalue weighted by Crippen LogP contribution is -2.34. The quantitative estimate of drug-likeness (QED) is 0.762. The van der Waals surface area contributed by atoms with Crippen molar-refractivity contribution in [2.45, 2.75) is 31.7 Å². The summed E-state index contributed by atoms with van der Waals surface area (Å²) in [5.41, 5.74) is 0. The maximum atomic E-state index is 3.49. The Bertz CT molecular complexity index is 69.3. The van der Waals surface area contributed by atoms with Gasteiger partial charge in [-0.05, 0) is 25.8 Å². The van der Waals surface area contributed by atoms with Gasteiger partial charge in [0, 0.05) is 11.4 Å². The lowest BCUT2D eigenvalue weighted by atomic mass is 10.0. The zero-order chi connectivity index (χ0) is 6.53. The Morgan fingerprint density at radius 2 is 2.20 bits per heavy atom. The van der Waals surface area contributed by atoms with Gasteiger partial charge in [-0.3, -0.25) is 0 Å². The number of nitrogens with one attached hydrogen (secondary N) is 1. The summed E-state index contributed by atoms with van der Waals surface area (Å²) in [6.07, 6.45) is 5.47. The molecule has 1 N–H and O–H groups in total. The van der Waals surface area contributed by atoms with Gasteiger partial charge in [-0.25, -0.2) is 0 Å². The van der Waals surface area contributed by atoms with E-state index in [1.54, 1.807) is 0 Å². The normalized spacial score (nSPS) is 25.5. The van der Waals surface area contributed by atoms with Crippen LogP contribution in [0.25, 0.3) is 0 Å². The molecule has 0 radical (unpaired) electrons. The van der Waals surface area contributed by atoms with E-state index >= 15 is 0 Å². The summed E-state index contributed by atoms with van der Waals surface area (Å²) in [6.45, 7) is 1.23. The topological polar surface area (TPSA) is 12.0 Å². The molecule has 1 atom stereocenters. The largest absolute Gasteiger partial charge is 0.314 e. The molecule has 0 aromatic carbocycles. The van der Waals surface area contributed by atoms with Gasteiger partial charge < -0.3 is 5.32 Å². The van der Waals surface area contributed by atoms with Crippen LogP contribution in [0.4, 0.5) is 0 Å². The fourth-order valence-electron chi connectivity index (χ4n) is 1.30. The minimum absolute atomic E-state index is 0. The van der Waals surface area contributed by atoms with Crippen LogP contribution in [0.2, 0.25) is 0 Å². The van der Waals surface area contributed by atoms with Crippen molar-refractivity contribution in [1.29, 1.82) is 0 Å². The second-order valence-corrected chi connectivity index (χ2v) is 3.42. The standard InChI is InChI=1S/C7H14BrN.BrH/c8-5-4-7-3-1-2-6-9-7;/h7,9H,1-6H2;1H. The van der Waals surface area contributed by atoms with Gasteiger partial charge in [0.05, 0.1) is 0 Å². The number of hydrogen-bond acceptors (Lipinski definition) is 1. The van der Waals surface area contributed by atoms with Crippen molar-refractivity contribution in [2.75, 3.05) is 11.9 Å². The Morgan fingerprint density at radius 1 is 1.40 bits per heavy atom. The molecule has 1 heterocycles. The van der Waals surface area contributed by atoms with E-state index in [0.29, 0.717) is 0 Å². The second kappa shape index (κ2) is 6.62. The Kier molecular flexibility index (Phi) is 7.23. The predicted molar refractivity (Wildman–Crippen MR) is 54.4 cm³/mol. The van der Waals surface area contributed by atoms with Crippen LogP contribution >= 0.6 is 32.9 Å². The van der Waals surface area contributed by atoms with Crippen LogP contribution in [-0.4, -0.2) is 17.9 Å². The monoisotopic (exact) mass is 271 g/mol. The Balaban J connectivity index is 0.000000810. The number of alkyl halides is 1. The second-order valence-electron chi connectivity index (χ2n) is 2.62. The highest BCUT2D eigenvalue weighted by molar-refractivity contribution is 9.09. The summed E-state index contributed by atoms with van der Waals surface area (Å²) in [4.78, 5) is 0. The highest BCUT2D eigenvalue weighted by Crippen LogP contribution is 2.10. The molecule has 10 heavy (non-hydrogen) atoms. The van der Waals surface area contributed by atoms with Crippen molar-refractivity contribution < 1.29 is 0 Å². The lowest BCUT2D eigenvalue weighted by molar-refractivity contribution is 0.395. The summed E-state index contributed by atoms with van der Waals surface area (Å²) in [7, 11) is 0. The van der Waals surface area contributed by atoms with E-state index in [-0.39, 0.29) is 17.0 Å². The molecule has 0 aliphatic carbocycles. The molecule has 1 rings (SSSR count). The molecule has 3 heteroatoms. The third kappa shape index (κ3) is 3.94. The van der Waals surface area contributed by atoms with Gasteiger partial charge in [0.25, 0.3) is 0 Å². The first kappa shape index (κ1) is 10.9. The zero-order valence-electron chi connectivity index (χ0n) is 6.11. The number of rotatable bonds is 2. The summed E-state index contributed by atoms with van der Waals surface area (Å²) < 4.78 is 0. The average Bonchev–Trinajstić information content (AvgIpc) is 1.91. The molecule has 1 fully saturated rings. The number of halogens is 2. The molecular formula is C7H15Br2N. The molecule has 1 nitrogen and oxygen atoms in total. The molecule has 0 aromatic rings. The molecule has 1 aliphatic heterocycles. The molecular weight excluding hydrogens is 258 g/mol. The minimum atomic E-state index is 0. The first-order chi connectivity index (χ1) is 4.43. The van der Waals surface area contributed by atoms with Gasteiger partial charge in [0.15, 0.2) is 0 Å². The van der Waals surface area contributed by atoms with Gasteiger partial charge in [0.2, 0.25) is 0 Å². The number of hydrogen-bond donors (Lipinski definition) is 1. The van der Waals surface area contributed by atoms with Crippen molar-refractivity contribution in [1.82, 2.24) is 5.32 Å². The van der Waals surface area contributed by atoms with E-state index in [2.05, 4.69) is 21.2 Å². The SMILES string of the molecule is Br.BrCCC1CCCCN1. The molecule has 1 aliphatic rings. The van der Waals surface area contributed by atoms with E-state index in [1.807, 2.05) is 0 Å². The fourth-order valence-corrected chi connectivity index (χ4v) is 1.85. The van der Waals surface area contributed by atoms with Crippen LogP contribution in [0.5, 0.6) is 0 Å². The van der Waals surface area contributed by atoms with E-state index < -0.39 is 0 Å². The third-order valence-corrected chi connectivity index (χ3v) is 2.33. The summed E-state index contributed by atoms with van der Waals surface area (Å²) in [5, 5.41) is 4.63. The maximum absolute atomic E-state index is 3.49. The van der Waals surface area contributed by atoms with Crippen molar-refractivity contribution in [3.8, 4) is 0 Å². The van der Waals surface area contributed by atoms with Crippen LogP contribution in [0, 0.1) is 0 Å². The fraction of sp³-hybridized carbons (Fsp3) is 1.00. The van der Waals surface area contributed by atoms with Gasteiger partial charge in [0.1, 0.15) is 0 Å². The Labute approximate surface area is 81.9 Å². The smallest absolute Gasteiger partial charge is 0.00750 e. The average molecular weight is 273 g/mol. The minimum Gasteiger partial charge on any atom is -0.314 e. The van der Waals surface area contributed by atoms with Gasteiger partial charge in [-0.15, -0.1) is 17.0 Å². The molecule has 62 valence electrons. The predicted octanol–water partition coefficient (Wildman–Crippen LogP) is 2.49. The molecule has 1 unspecified atom stereocenters. The number of piperidine rings is 1. The van der Waals surface area contributed by atoms with E-state index in [0.717, 1.165) is 11.4 Å². The molecule has 0 aromatic heterocycles. The summed E-state index contributed by atoms with van der Waals surface area (Å²) >= 11 is 3.44. The lowest BCUT2D eigenvalue weighted by Gasteiger charge is -2.22. The van der Waals surface area contributed by atoms with E-state index in [9.17, 15) is 0 Å². The summed E-state index contributed by atoms with van der Waals surface area (Å²) in [6, 6.07) is 0.804. The Morgan fingerprint density at radius 3 is 2.70 bits per heavy atom. The summed E-state index contributed by atoms with van der Waals surface area (Å²) in [5.74, 6) is 0. The van der Waals surface area contributed by atoms with Crippen LogP contribution in [0.3, 0.4) is 0 Å². The van der Waals surface area contributed by atoms with Crippen molar-refractivity contribution >= 4 is 32.9 Å². The zero-order valence-corrected chi connectivity index (χ0v) is 9.41. The molecule has 0 spiro atoms. The molecule has 0 amide bonds. The van der Waals surface area contributed by atoms with Crippen LogP contribution < -0.4 is 5.32 Å². The van der Waals surface area contributed by atoms with Gasteiger partial charge in [-0.1, -0.05) is 22.4 Å². The first-order valence-electron chi connectivity index (χ1n) is 3.73. The maximum Gasteiger partial charge on any atom is 0.00750 e. The highest BCUT2D eigenvalue weighted by atomic mass is 79.9. The van der Waals surface area contributed by atoms with Crippen LogP contribution in [0.15, 0.2) is 0 Å². The van der Waals surface area contributed by atoms with Crippen molar-refractivity contribution in [3.05, 3.63) is 0 Å². The van der Waals surface area contributed by atoms with Crippen LogP contribution in [0.1, 0.15) is 25.7 Å². The van der Waals surface area contributed by atoms with E-state index in [4.69, 9.17) is 0 Å². The van der Waals surface area contributed by atoms with Crippen LogP contribution in [-0.2, 0) is 0 Å². The van der Waals surface area contributed by atoms with Crippen molar-refractivity contribution in [2.24, 2.45) is 0 Å². The van der Waals surface area contributed by atoms with E-state index in [1.165, 1.54) is 32.2 Å². The van der Waals surface area contributed by atoms with Crippen molar-refractivity contribution in [3.63, 3.8) is 0 Å².